The zero-order chi connectivity index (χ0) is 11.1. The van der Waals surface area contributed by atoms with Crippen LogP contribution in [0.15, 0.2) is 0 Å². The summed E-state index contributed by atoms with van der Waals surface area (Å²) in [5.41, 5.74) is 5.64. The molecule has 15 heavy (non-hydrogen) atoms. The zero-order valence-electron chi connectivity index (χ0n) is 9.69. The number of rotatable bonds is 6. The van der Waals surface area contributed by atoms with Crippen LogP contribution < -0.4 is 5.73 Å². The molecule has 90 valence electrons. The average molecular weight is 216 g/mol. The number of aliphatic hydroxyl groups excluding tert-OH is 1. The Bertz CT molecular complexity index is 167. The number of nitrogens with two attached hydrogens (primary N) is 1. The number of hydrogen-bond acceptors (Lipinski definition) is 4. The van der Waals surface area contributed by atoms with Gasteiger partial charge in [-0.2, -0.15) is 0 Å². The van der Waals surface area contributed by atoms with E-state index in [1.54, 1.807) is 0 Å². The minimum absolute atomic E-state index is 0.146. The fraction of sp³-hybridized carbons (Fsp3) is 1.00. The second-order valence-corrected chi connectivity index (χ2v) is 4.26. The van der Waals surface area contributed by atoms with Crippen LogP contribution in [0, 0.1) is 5.92 Å². The molecule has 1 aliphatic rings. The molecule has 0 amide bonds. The first-order chi connectivity index (χ1) is 7.30. The highest BCUT2D eigenvalue weighted by atomic mass is 16.5. The van der Waals surface area contributed by atoms with Crippen molar-refractivity contribution in [1.29, 1.82) is 0 Å². The lowest BCUT2D eigenvalue weighted by molar-refractivity contribution is 0.0224. The van der Waals surface area contributed by atoms with Crippen molar-refractivity contribution in [3.8, 4) is 0 Å². The van der Waals surface area contributed by atoms with Gasteiger partial charge in [-0.3, -0.25) is 0 Å². The van der Waals surface area contributed by atoms with E-state index in [0.29, 0.717) is 19.1 Å². The summed E-state index contributed by atoms with van der Waals surface area (Å²) in [5, 5.41) is 9.12. The summed E-state index contributed by atoms with van der Waals surface area (Å²) in [6.45, 7) is 6.60. The third-order valence-electron chi connectivity index (χ3n) is 2.99. The molecule has 0 bridgehead atoms. The van der Waals surface area contributed by atoms with Crippen LogP contribution in [-0.2, 0) is 4.74 Å². The van der Waals surface area contributed by atoms with Crippen LogP contribution >= 0.6 is 0 Å². The maximum Gasteiger partial charge on any atom is 0.0823 e. The van der Waals surface area contributed by atoms with Crippen molar-refractivity contribution in [2.24, 2.45) is 11.7 Å². The Kier molecular flexibility index (Phi) is 6.17. The molecule has 1 fully saturated rings. The van der Waals surface area contributed by atoms with Crippen LogP contribution in [0.4, 0.5) is 0 Å². The van der Waals surface area contributed by atoms with E-state index in [0.717, 1.165) is 32.7 Å². The molecule has 2 unspecified atom stereocenters. The first kappa shape index (κ1) is 12.9. The second kappa shape index (κ2) is 7.17. The second-order valence-electron chi connectivity index (χ2n) is 4.26. The number of nitrogens with zero attached hydrogens (tertiary/aromatic N) is 1. The summed E-state index contributed by atoms with van der Waals surface area (Å²) < 4.78 is 5.53. The number of likely N-dealkylation sites (tertiary alicyclic amines) is 1. The van der Waals surface area contributed by atoms with Crippen molar-refractivity contribution in [2.45, 2.75) is 25.9 Å². The van der Waals surface area contributed by atoms with Gasteiger partial charge in [0, 0.05) is 32.8 Å². The van der Waals surface area contributed by atoms with Gasteiger partial charge < -0.3 is 20.5 Å². The normalized spacial score (nSPS) is 25.4. The fourth-order valence-electron chi connectivity index (χ4n) is 2.19. The van der Waals surface area contributed by atoms with Crippen molar-refractivity contribution in [3.63, 3.8) is 0 Å². The average Bonchev–Trinajstić information content (AvgIpc) is 2.29. The molecule has 4 nitrogen and oxygen atoms in total. The first-order valence-corrected chi connectivity index (χ1v) is 5.95. The van der Waals surface area contributed by atoms with Crippen LogP contribution in [0.2, 0.25) is 0 Å². The fourth-order valence-corrected chi connectivity index (χ4v) is 2.19. The maximum atomic E-state index is 9.12. The third-order valence-corrected chi connectivity index (χ3v) is 2.99. The first-order valence-electron chi connectivity index (χ1n) is 5.95. The molecule has 1 aliphatic heterocycles. The number of piperidine rings is 1. The highest BCUT2D eigenvalue weighted by Crippen LogP contribution is 2.16. The Morgan fingerprint density at radius 2 is 2.40 bits per heavy atom. The summed E-state index contributed by atoms with van der Waals surface area (Å²) in [7, 11) is 0. The molecule has 0 radical (unpaired) electrons. The minimum Gasteiger partial charge on any atom is -0.396 e. The molecule has 1 rings (SSSR count). The Morgan fingerprint density at radius 1 is 1.60 bits per heavy atom. The highest BCUT2D eigenvalue weighted by Gasteiger charge is 2.21. The summed E-state index contributed by atoms with van der Waals surface area (Å²) in [4.78, 5) is 2.36. The molecule has 1 saturated heterocycles. The van der Waals surface area contributed by atoms with E-state index in [1.165, 1.54) is 6.42 Å². The quantitative estimate of drug-likeness (QED) is 0.659. The van der Waals surface area contributed by atoms with Gasteiger partial charge in [-0.15, -0.1) is 0 Å². The molecule has 0 aromatic carbocycles. The Labute approximate surface area is 92.4 Å². The maximum absolute atomic E-state index is 9.12. The lowest BCUT2D eigenvalue weighted by Gasteiger charge is -2.33. The van der Waals surface area contributed by atoms with Gasteiger partial charge in [0.15, 0.2) is 0 Å². The molecule has 3 N–H and O–H groups in total. The summed E-state index contributed by atoms with van der Waals surface area (Å²) in [5.74, 6) is 0.443. The molecule has 0 saturated carbocycles. The van der Waals surface area contributed by atoms with E-state index in [4.69, 9.17) is 15.6 Å². The Hall–Kier alpha value is -0.160. The highest BCUT2D eigenvalue weighted by molar-refractivity contribution is 4.75. The summed E-state index contributed by atoms with van der Waals surface area (Å²) in [6.07, 6.45) is 2.47. The van der Waals surface area contributed by atoms with E-state index in [-0.39, 0.29) is 6.10 Å². The zero-order valence-corrected chi connectivity index (χ0v) is 9.69. The molecule has 0 aromatic heterocycles. The molecule has 0 aromatic rings. The molecule has 1 heterocycles. The summed E-state index contributed by atoms with van der Waals surface area (Å²) >= 11 is 0. The van der Waals surface area contributed by atoms with Crippen molar-refractivity contribution < 1.29 is 9.84 Å². The SMILES string of the molecule is CCOC(CN)CN1CCCC(CO)C1. The van der Waals surface area contributed by atoms with Crippen LogP contribution in [0.1, 0.15) is 19.8 Å². The summed E-state index contributed by atoms with van der Waals surface area (Å²) in [6, 6.07) is 0. The molecule has 2 atom stereocenters. The lowest BCUT2D eigenvalue weighted by Crippen LogP contribution is -2.44. The van der Waals surface area contributed by atoms with Gasteiger partial charge in [0.1, 0.15) is 0 Å². The smallest absolute Gasteiger partial charge is 0.0823 e. The lowest BCUT2D eigenvalue weighted by atomic mass is 9.99. The molecular formula is C11H24N2O2. The van der Waals surface area contributed by atoms with Gasteiger partial charge in [0.05, 0.1) is 6.10 Å². The van der Waals surface area contributed by atoms with Gasteiger partial charge in [0.25, 0.3) is 0 Å². The third kappa shape index (κ3) is 4.47. The van der Waals surface area contributed by atoms with Crippen molar-refractivity contribution >= 4 is 0 Å². The predicted octanol–water partition coefficient (Wildman–Crippen LogP) is 0.0545. The largest absolute Gasteiger partial charge is 0.396 e. The van der Waals surface area contributed by atoms with Gasteiger partial charge in [-0.05, 0) is 32.2 Å². The van der Waals surface area contributed by atoms with Gasteiger partial charge in [0.2, 0.25) is 0 Å². The number of ether oxygens (including phenoxy) is 1. The monoisotopic (exact) mass is 216 g/mol. The van der Waals surface area contributed by atoms with E-state index < -0.39 is 0 Å². The van der Waals surface area contributed by atoms with Crippen LogP contribution in [0.5, 0.6) is 0 Å². The van der Waals surface area contributed by atoms with Gasteiger partial charge >= 0.3 is 0 Å². The molecular weight excluding hydrogens is 192 g/mol. The Balaban J connectivity index is 2.29. The minimum atomic E-state index is 0.146. The standard InChI is InChI=1S/C11H24N2O2/c1-2-15-11(6-12)8-13-5-3-4-10(7-13)9-14/h10-11,14H,2-9,12H2,1H3. The van der Waals surface area contributed by atoms with E-state index in [1.807, 2.05) is 6.92 Å². The van der Waals surface area contributed by atoms with Gasteiger partial charge in [-0.25, -0.2) is 0 Å². The van der Waals surface area contributed by atoms with Crippen LogP contribution in [-0.4, -0.2) is 55.5 Å². The van der Waals surface area contributed by atoms with Crippen molar-refractivity contribution in [1.82, 2.24) is 4.90 Å². The van der Waals surface area contributed by atoms with Crippen LogP contribution in [0.25, 0.3) is 0 Å². The molecule has 0 aliphatic carbocycles. The number of aliphatic hydroxyl groups is 1. The van der Waals surface area contributed by atoms with E-state index in [2.05, 4.69) is 4.90 Å². The molecule has 4 heteroatoms. The Morgan fingerprint density at radius 3 is 3.00 bits per heavy atom. The predicted molar refractivity (Wildman–Crippen MR) is 60.7 cm³/mol. The van der Waals surface area contributed by atoms with E-state index >= 15 is 0 Å². The number of hydrogen-bond donors (Lipinski definition) is 2. The van der Waals surface area contributed by atoms with Crippen molar-refractivity contribution in [2.75, 3.05) is 39.4 Å². The molecule has 0 spiro atoms. The van der Waals surface area contributed by atoms with Crippen molar-refractivity contribution in [3.05, 3.63) is 0 Å². The van der Waals surface area contributed by atoms with E-state index in [9.17, 15) is 0 Å². The topological polar surface area (TPSA) is 58.7 Å². The van der Waals surface area contributed by atoms with Gasteiger partial charge in [-0.1, -0.05) is 0 Å². The van der Waals surface area contributed by atoms with Crippen LogP contribution in [0.3, 0.4) is 0 Å².